The van der Waals surface area contributed by atoms with E-state index in [1.54, 1.807) is 0 Å². The van der Waals surface area contributed by atoms with E-state index >= 15 is 0 Å². The van der Waals surface area contributed by atoms with Crippen molar-refractivity contribution in [2.75, 3.05) is 13.2 Å². The van der Waals surface area contributed by atoms with Gasteiger partial charge in [0, 0.05) is 5.92 Å². The zero-order chi connectivity index (χ0) is 18.7. The summed E-state index contributed by atoms with van der Waals surface area (Å²) in [7, 11) is 0. The Morgan fingerprint density at radius 2 is 2.00 bits per heavy atom. The van der Waals surface area contributed by atoms with Gasteiger partial charge in [0.25, 0.3) is 0 Å². The van der Waals surface area contributed by atoms with E-state index in [4.69, 9.17) is 9.47 Å². The van der Waals surface area contributed by atoms with Gasteiger partial charge in [-0.05, 0) is 51.0 Å². The van der Waals surface area contributed by atoms with Gasteiger partial charge >= 0.3 is 6.09 Å². The minimum atomic E-state index is -0.502. The molecule has 3 atom stereocenters. The summed E-state index contributed by atoms with van der Waals surface area (Å²) in [4.78, 5) is 26.7. The number of amides is 2. The highest BCUT2D eigenvalue weighted by Gasteiger charge is 2.42. The molecule has 0 unspecified atom stereocenters. The number of ether oxygens (including phenoxy) is 2. The molecule has 0 radical (unpaired) electrons. The monoisotopic (exact) mass is 359 g/mol. The number of nitrogens with zero attached hydrogens (tertiary/aromatic N) is 1. The summed E-state index contributed by atoms with van der Waals surface area (Å²) in [6, 6.07) is 9.70. The van der Waals surface area contributed by atoms with Crippen LogP contribution in [0.1, 0.15) is 45.6 Å². The van der Waals surface area contributed by atoms with Gasteiger partial charge in [-0.25, -0.2) is 9.69 Å². The molecule has 1 aromatic rings. The Bertz CT molecular complexity index is 643. The van der Waals surface area contributed by atoms with Gasteiger partial charge in [0.2, 0.25) is 5.91 Å². The van der Waals surface area contributed by atoms with Crippen LogP contribution in [0.4, 0.5) is 4.79 Å². The predicted molar refractivity (Wildman–Crippen MR) is 98.7 cm³/mol. The zero-order valence-electron chi connectivity index (χ0n) is 15.9. The van der Waals surface area contributed by atoms with Crippen molar-refractivity contribution in [3.8, 4) is 0 Å². The lowest BCUT2D eigenvalue weighted by molar-refractivity contribution is -0.134. The average Bonchev–Trinajstić information content (AvgIpc) is 3.15. The standard InChI is InChI=1S/C21H29NO4/c1-4-17(10-16-12-21(2,3)26-13-16)19(23)22-18(14-25-20(22)24)11-15-8-6-5-7-9-15/h5-9,16-18H,4,10-14H2,1-3H3/t16-,17+,18+/m1/s1. The largest absolute Gasteiger partial charge is 0.447 e. The maximum absolute atomic E-state index is 13.1. The molecule has 2 heterocycles. The second-order valence-corrected chi connectivity index (χ2v) is 8.11. The van der Waals surface area contributed by atoms with Gasteiger partial charge in [-0.3, -0.25) is 4.79 Å². The van der Waals surface area contributed by atoms with Crippen molar-refractivity contribution in [2.45, 2.75) is 58.1 Å². The lowest BCUT2D eigenvalue weighted by Crippen LogP contribution is -2.44. The first-order valence-electron chi connectivity index (χ1n) is 9.57. The molecule has 0 N–H and O–H groups in total. The summed E-state index contributed by atoms with van der Waals surface area (Å²) in [5, 5.41) is 0. The van der Waals surface area contributed by atoms with E-state index in [1.165, 1.54) is 4.90 Å². The Kier molecular flexibility index (Phi) is 5.66. The summed E-state index contributed by atoms with van der Waals surface area (Å²) in [5.41, 5.74) is 0.988. The molecule has 0 aliphatic carbocycles. The fourth-order valence-electron chi connectivity index (χ4n) is 4.12. The molecule has 2 aliphatic heterocycles. The number of carbonyl (C=O) groups excluding carboxylic acids is 2. The first-order valence-corrected chi connectivity index (χ1v) is 9.57. The molecule has 1 aromatic carbocycles. The highest BCUT2D eigenvalue weighted by molar-refractivity contribution is 5.94. The summed E-state index contributed by atoms with van der Waals surface area (Å²) < 4.78 is 11.0. The predicted octanol–water partition coefficient (Wildman–Crippen LogP) is 3.81. The van der Waals surface area contributed by atoms with E-state index in [1.807, 2.05) is 37.3 Å². The van der Waals surface area contributed by atoms with Crippen LogP contribution in [0, 0.1) is 11.8 Å². The van der Waals surface area contributed by atoms with Crippen molar-refractivity contribution in [3.63, 3.8) is 0 Å². The number of cyclic esters (lactones) is 1. The lowest BCUT2D eigenvalue weighted by Gasteiger charge is -2.26. The zero-order valence-corrected chi connectivity index (χ0v) is 15.9. The molecule has 0 saturated carbocycles. The quantitative estimate of drug-likeness (QED) is 0.775. The highest BCUT2D eigenvalue weighted by atomic mass is 16.6. The van der Waals surface area contributed by atoms with Crippen molar-refractivity contribution in [2.24, 2.45) is 11.8 Å². The number of rotatable bonds is 6. The van der Waals surface area contributed by atoms with Crippen LogP contribution in [0.2, 0.25) is 0 Å². The molecule has 0 aromatic heterocycles. The van der Waals surface area contributed by atoms with Crippen molar-refractivity contribution in [3.05, 3.63) is 35.9 Å². The Morgan fingerprint density at radius 3 is 2.62 bits per heavy atom. The fraction of sp³-hybridized carbons (Fsp3) is 0.619. The Morgan fingerprint density at radius 1 is 1.27 bits per heavy atom. The molecule has 2 fully saturated rings. The van der Waals surface area contributed by atoms with Crippen LogP contribution in [0.25, 0.3) is 0 Å². The molecule has 2 saturated heterocycles. The van der Waals surface area contributed by atoms with Crippen LogP contribution in [0.15, 0.2) is 30.3 Å². The minimum Gasteiger partial charge on any atom is -0.447 e. The summed E-state index contributed by atoms with van der Waals surface area (Å²) in [5.74, 6) is 0.104. The molecule has 2 aliphatic rings. The molecule has 5 heteroatoms. The maximum atomic E-state index is 13.1. The van der Waals surface area contributed by atoms with Crippen LogP contribution in [-0.2, 0) is 20.7 Å². The normalized spacial score (nSPS) is 26.0. The van der Waals surface area contributed by atoms with Gasteiger partial charge in [-0.15, -0.1) is 0 Å². The van der Waals surface area contributed by atoms with E-state index in [0.717, 1.165) is 24.8 Å². The van der Waals surface area contributed by atoms with Gasteiger partial charge in [0.1, 0.15) is 6.61 Å². The van der Waals surface area contributed by atoms with Crippen LogP contribution >= 0.6 is 0 Å². The van der Waals surface area contributed by atoms with E-state index in [-0.39, 0.29) is 30.1 Å². The molecule has 0 spiro atoms. The van der Waals surface area contributed by atoms with E-state index in [0.29, 0.717) is 18.9 Å². The Hall–Kier alpha value is -1.88. The maximum Gasteiger partial charge on any atom is 0.416 e. The lowest BCUT2D eigenvalue weighted by atomic mass is 9.87. The summed E-state index contributed by atoms with van der Waals surface area (Å²) in [6.45, 7) is 7.15. The van der Waals surface area contributed by atoms with Crippen molar-refractivity contribution >= 4 is 12.0 Å². The molecule has 3 rings (SSSR count). The van der Waals surface area contributed by atoms with Crippen molar-refractivity contribution < 1.29 is 19.1 Å². The van der Waals surface area contributed by atoms with Crippen molar-refractivity contribution in [1.82, 2.24) is 4.90 Å². The Labute approximate surface area is 155 Å². The third kappa shape index (κ3) is 4.26. The van der Waals surface area contributed by atoms with Gasteiger partial charge in [-0.1, -0.05) is 37.3 Å². The van der Waals surface area contributed by atoms with Gasteiger partial charge in [-0.2, -0.15) is 0 Å². The van der Waals surface area contributed by atoms with Crippen LogP contribution < -0.4 is 0 Å². The van der Waals surface area contributed by atoms with Gasteiger partial charge in [0.15, 0.2) is 0 Å². The highest BCUT2D eigenvalue weighted by Crippen LogP contribution is 2.34. The van der Waals surface area contributed by atoms with E-state index in [2.05, 4.69) is 13.8 Å². The third-order valence-corrected chi connectivity index (χ3v) is 5.46. The van der Waals surface area contributed by atoms with Crippen LogP contribution in [0.3, 0.4) is 0 Å². The molecule has 142 valence electrons. The third-order valence-electron chi connectivity index (χ3n) is 5.46. The minimum absolute atomic E-state index is 0.0966. The van der Waals surface area contributed by atoms with E-state index < -0.39 is 6.09 Å². The number of imide groups is 1. The molecular weight excluding hydrogens is 330 g/mol. The van der Waals surface area contributed by atoms with Gasteiger partial charge in [0.05, 0.1) is 18.2 Å². The first-order chi connectivity index (χ1) is 12.4. The topological polar surface area (TPSA) is 55.8 Å². The van der Waals surface area contributed by atoms with Crippen molar-refractivity contribution in [1.29, 1.82) is 0 Å². The van der Waals surface area contributed by atoms with Crippen LogP contribution in [0.5, 0.6) is 0 Å². The summed E-state index contributed by atoms with van der Waals surface area (Å²) in [6.07, 6.45) is 2.57. The average molecular weight is 359 g/mol. The van der Waals surface area contributed by atoms with E-state index in [9.17, 15) is 9.59 Å². The number of hydrogen-bond acceptors (Lipinski definition) is 4. The molecule has 26 heavy (non-hydrogen) atoms. The molecule has 0 bridgehead atoms. The Balaban J connectivity index is 1.67. The SMILES string of the molecule is CC[C@@H](C[C@H]1COC(C)(C)C1)C(=O)N1C(=O)OC[C@@H]1Cc1ccccc1. The molecule has 2 amide bonds. The smallest absolute Gasteiger partial charge is 0.416 e. The van der Waals surface area contributed by atoms with Gasteiger partial charge < -0.3 is 9.47 Å². The molecule has 5 nitrogen and oxygen atoms in total. The molecular formula is C21H29NO4. The number of carbonyl (C=O) groups is 2. The van der Waals surface area contributed by atoms with Crippen LogP contribution in [-0.4, -0.2) is 41.8 Å². The number of benzene rings is 1. The number of hydrogen-bond donors (Lipinski definition) is 0. The second-order valence-electron chi connectivity index (χ2n) is 8.11. The fourth-order valence-corrected chi connectivity index (χ4v) is 4.12. The second kappa shape index (κ2) is 7.78. The first kappa shape index (κ1) is 18.9. The summed E-state index contributed by atoms with van der Waals surface area (Å²) >= 11 is 0.